The molecule has 0 aliphatic heterocycles. The number of rotatable bonds is 14. The molecule has 174 valence electrons. The summed E-state index contributed by atoms with van der Waals surface area (Å²) < 4.78 is 6.01. The van der Waals surface area contributed by atoms with Crippen LogP contribution in [0.4, 0.5) is 5.69 Å². The Morgan fingerprint density at radius 1 is 0.781 bits per heavy atom. The molecule has 0 aromatic heterocycles. The summed E-state index contributed by atoms with van der Waals surface area (Å²) in [6, 6.07) is 17.1. The molecule has 2 nitrogen and oxygen atoms in total. The summed E-state index contributed by atoms with van der Waals surface area (Å²) in [6.45, 7) is 6.95. The van der Waals surface area contributed by atoms with E-state index in [0.29, 0.717) is 0 Å². The molecule has 0 saturated carbocycles. The summed E-state index contributed by atoms with van der Waals surface area (Å²) in [5.74, 6) is 0.0877. The molecular weight excluding hydrogens is 497 g/mol. The number of unbranched alkanes of at least 4 members (excludes halogenated alkanes) is 3. The van der Waals surface area contributed by atoms with E-state index in [4.69, 9.17) is 0 Å². The molecule has 2 rings (SSSR count). The summed E-state index contributed by atoms with van der Waals surface area (Å²) in [6.07, 6.45) is 11.6. The third kappa shape index (κ3) is 7.79. The fourth-order valence-corrected chi connectivity index (χ4v) is 20.4. The molecule has 0 spiro atoms. The van der Waals surface area contributed by atoms with Crippen molar-refractivity contribution < 1.29 is 4.79 Å². The quantitative estimate of drug-likeness (QED) is 0.139. The van der Waals surface area contributed by atoms with Gasteiger partial charge in [-0.05, 0) is 0 Å². The Kier molecular flexibility index (Phi) is 11.6. The van der Waals surface area contributed by atoms with Crippen molar-refractivity contribution in [1.29, 1.82) is 0 Å². The molecule has 0 heterocycles. The van der Waals surface area contributed by atoms with E-state index in [1.807, 2.05) is 20.2 Å². The Morgan fingerprint density at radius 2 is 1.28 bits per heavy atom. The molecule has 0 N–H and O–H groups in total. The van der Waals surface area contributed by atoms with Crippen molar-refractivity contribution in [2.75, 3.05) is 19.0 Å². The van der Waals surface area contributed by atoms with Gasteiger partial charge in [-0.25, -0.2) is 0 Å². The van der Waals surface area contributed by atoms with Crippen LogP contribution in [0.25, 0.3) is 6.08 Å². The summed E-state index contributed by atoms with van der Waals surface area (Å²) >= 11 is -2.42. The Hall–Kier alpha value is -1.55. The second-order valence-electron chi connectivity index (χ2n) is 9.35. The zero-order valence-electron chi connectivity index (χ0n) is 21.0. The molecular formula is C29H43NOSn. The van der Waals surface area contributed by atoms with Gasteiger partial charge < -0.3 is 0 Å². The number of allylic oxidation sites excluding steroid dienone is 1. The SMILES string of the molecule is CCC[CH2][Sn]([CH2]CCC)([CH2]CCC)[c]1ccc(C(=O)C=Cc2ccc(N(C)C)cc2)cc1. The minimum absolute atomic E-state index is 0.0877. The van der Waals surface area contributed by atoms with Gasteiger partial charge in [-0.1, -0.05) is 0 Å². The molecule has 0 atom stereocenters. The number of benzene rings is 2. The number of nitrogens with zero attached hydrogens (tertiary/aromatic N) is 1. The van der Waals surface area contributed by atoms with Crippen LogP contribution >= 0.6 is 0 Å². The molecule has 0 unspecified atom stereocenters. The molecule has 0 bridgehead atoms. The molecule has 32 heavy (non-hydrogen) atoms. The number of anilines is 1. The number of ketones is 1. The number of hydrogen-bond acceptors (Lipinski definition) is 2. The second kappa shape index (κ2) is 13.9. The normalized spacial score (nSPS) is 11.8. The van der Waals surface area contributed by atoms with Crippen LogP contribution in [-0.4, -0.2) is 38.3 Å². The average molecular weight is 540 g/mol. The van der Waals surface area contributed by atoms with Gasteiger partial charge >= 0.3 is 188 Å². The van der Waals surface area contributed by atoms with Crippen molar-refractivity contribution in [3.8, 4) is 0 Å². The Balaban J connectivity index is 2.18. The van der Waals surface area contributed by atoms with Crippen LogP contribution in [0.2, 0.25) is 13.3 Å². The Morgan fingerprint density at radius 3 is 1.72 bits per heavy atom. The van der Waals surface area contributed by atoms with Crippen LogP contribution in [0, 0.1) is 0 Å². The molecule has 0 aliphatic rings. The summed E-state index contributed by atoms with van der Waals surface area (Å²) in [5.41, 5.74) is 3.01. The molecule has 0 radical (unpaired) electrons. The van der Waals surface area contributed by atoms with E-state index in [-0.39, 0.29) is 5.78 Å². The van der Waals surface area contributed by atoms with Gasteiger partial charge in [0, 0.05) is 14.1 Å². The van der Waals surface area contributed by atoms with Crippen LogP contribution < -0.4 is 8.48 Å². The maximum atomic E-state index is 12.8. The van der Waals surface area contributed by atoms with Crippen LogP contribution in [0.5, 0.6) is 0 Å². The monoisotopic (exact) mass is 541 g/mol. The fourth-order valence-electron chi connectivity index (χ4n) is 4.49. The van der Waals surface area contributed by atoms with Crippen molar-refractivity contribution in [3.05, 3.63) is 65.7 Å². The molecule has 0 amide bonds. The summed E-state index contributed by atoms with van der Waals surface area (Å²) in [5, 5.41) is 0. The molecule has 0 saturated heterocycles. The average Bonchev–Trinajstić information content (AvgIpc) is 2.82. The molecule has 0 fully saturated rings. The van der Waals surface area contributed by atoms with Crippen LogP contribution in [0.3, 0.4) is 0 Å². The molecule has 2 aromatic carbocycles. The topological polar surface area (TPSA) is 20.3 Å². The van der Waals surface area contributed by atoms with E-state index in [9.17, 15) is 4.79 Å². The summed E-state index contributed by atoms with van der Waals surface area (Å²) in [7, 11) is 4.06. The van der Waals surface area contributed by atoms with E-state index in [0.717, 1.165) is 16.8 Å². The Labute approximate surface area is 201 Å². The van der Waals surface area contributed by atoms with Gasteiger partial charge in [0.15, 0.2) is 0 Å². The minimum atomic E-state index is -2.42. The van der Waals surface area contributed by atoms with Crippen LogP contribution in [0.15, 0.2) is 54.6 Å². The van der Waals surface area contributed by atoms with Gasteiger partial charge in [-0.15, -0.1) is 0 Å². The zero-order valence-corrected chi connectivity index (χ0v) is 23.8. The van der Waals surface area contributed by atoms with Crippen molar-refractivity contribution in [2.45, 2.75) is 72.6 Å². The molecule has 3 heteroatoms. The van der Waals surface area contributed by atoms with Gasteiger partial charge in [0.2, 0.25) is 0 Å². The predicted octanol–water partition coefficient (Wildman–Crippen LogP) is 7.70. The fraction of sp³-hybridized carbons (Fsp3) is 0.483. The van der Waals surface area contributed by atoms with Crippen LogP contribution in [0.1, 0.15) is 75.2 Å². The Bertz CT molecular complexity index is 815. The first kappa shape index (κ1) is 26.7. The van der Waals surface area contributed by atoms with Crippen LogP contribution in [-0.2, 0) is 0 Å². The number of carbonyl (C=O) groups excluding carboxylic acids is 1. The first-order chi connectivity index (χ1) is 15.5. The molecule has 2 aromatic rings. The van der Waals surface area contributed by atoms with Gasteiger partial charge in [0.25, 0.3) is 0 Å². The second-order valence-corrected chi connectivity index (χ2v) is 22.6. The maximum absolute atomic E-state index is 12.8. The van der Waals surface area contributed by atoms with Crippen molar-refractivity contribution >= 4 is 39.5 Å². The zero-order chi connectivity index (χ0) is 23.4. The van der Waals surface area contributed by atoms with Gasteiger partial charge in [0.1, 0.15) is 0 Å². The first-order valence-corrected chi connectivity index (χ1v) is 20.0. The van der Waals surface area contributed by atoms with E-state index in [1.54, 1.807) is 9.66 Å². The third-order valence-corrected chi connectivity index (χ3v) is 22.3. The van der Waals surface area contributed by atoms with E-state index < -0.39 is 18.4 Å². The van der Waals surface area contributed by atoms with E-state index >= 15 is 0 Å². The number of carbonyl (C=O) groups is 1. The number of hydrogen-bond donors (Lipinski definition) is 0. The van der Waals surface area contributed by atoms with Gasteiger partial charge in [-0.3, -0.25) is 0 Å². The third-order valence-electron chi connectivity index (χ3n) is 6.65. The standard InChI is InChI=1S/C17H16NO.3C4H9.Sn/c1-18(2)16-11-8-14(9-12-16)10-13-17(19)15-6-4-3-5-7-15;3*1-3-4-2;/h4-13H,1-2H3;3*1,3-4H2,2H3;. The molecule has 0 aliphatic carbocycles. The van der Waals surface area contributed by atoms with Gasteiger partial charge in [0.05, 0.1) is 0 Å². The first-order valence-electron chi connectivity index (χ1n) is 12.6. The van der Waals surface area contributed by atoms with Crippen molar-refractivity contribution in [2.24, 2.45) is 0 Å². The van der Waals surface area contributed by atoms with Gasteiger partial charge in [-0.2, -0.15) is 0 Å². The van der Waals surface area contributed by atoms with Crippen molar-refractivity contribution in [1.82, 2.24) is 0 Å². The predicted molar refractivity (Wildman–Crippen MR) is 145 cm³/mol. The van der Waals surface area contributed by atoms with E-state index in [1.165, 1.54) is 51.8 Å². The summed E-state index contributed by atoms with van der Waals surface area (Å²) in [4.78, 5) is 14.9. The van der Waals surface area contributed by atoms with Crippen molar-refractivity contribution in [3.63, 3.8) is 0 Å². The van der Waals surface area contributed by atoms with E-state index in [2.05, 4.69) is 74.2 Å².